The standard InChI is InChI=1S/C22H23Br2N3O/c23-18-9-16(10-19(24)12-18)14-28-21-4-3-17-2-1-15(13-25)11-20(17)22(21)27-7-5-26-6-8-27/h1-2,9-12,21-22,26H,3-8,14H2/t21-,22-/m0/s1. The van der Waals surface area contributed by atoms with Gasteiger partial charge >= 0.3 is 0 Å². The molecule has 0 radical (unpaired) electrons. The van der Waals surface area contributed by atoms with Crippen molar-refractivity contribution < 1.29 is 4.74 Å². The number of piperazine rings is 1. The molecule has 1 saturated heterocycles. The third-order valence-corrected chi connectivity index (χ3v) is 6.49. The number of nitrogens with zero attached hydrogens (tertiary/aromatic N) is 2. The number of nitrogens with one attached hydrogen (secondary N) is 1. The lowest BCUT2D eigenvalue weighted by molar-refractivity contribution is -0.0378. The minimum absolute atomic E-state index is 0.122. The molecule has 2 atom stereocenters. The fraction of sp³-hybridized carbons (Fsp3) is 0.409. The van der Waals surface area contributed by atoms with Crippen LogP contribution in [-0.4, -0.2) is 37.2 Å². The molecule has 0 amide bonds. The van der Waals surface area contributed by atoms with Crippen molar-refractivity contribution in [2.45, 2.75) is 31.6 Å². The molecule has 146 valence electrons. The van der Waals surface area contributed by atoms with Gasteiger partial charge in [0.2, 0.25) is 0 Å². The van der Waals surface area contributed by atoms with Gasteiger partial charge in [-0.05, 0) is 59.9 Å². The number of fused-ring (bicyclic) bond motifs is 1. The van der Waals surface area contributed by atoms with Gasteiger partial charge in [-0.1, -0.05) is 37.9 Å². The van der Waals surface area contributed by atoms with Crippen molar-refractivity contribution in [3.63, 3.8) is 0 Å². The summed E-state index contributed by atoms with van der Waals surface area (Å²) in [6.45, 7) is 4.58. The zero-order valence-corrected chi connectivity index (χ0v) is 18.8. The van der Waals surface area contributed by atoms with Crippen molar-refractivity contribution in [2.24, 2.45) is 0 Å². The van der Waals surface area contributed by atoms with Gasteiger partial charge in [0.15, 0.2) is 0 Å². The molecule has 4 rings (SSSR count). The Balaban J connectivity index is 1.60. The van der Waals surface area contributed by atoms with Crippen LogP contribution in [0, 0.1) is 11.3 Å². The van der Waals surface area contributed by atoms with Gasteiger partial charge < -0.3 is 10.1 Å². The number of rotatable bonds is 4. The molecule has 2 aromatic carbocycles. The van der Waals surface area contributed by atoms with Crippen LogP contribution >= 0.6 is 31.9 Å². The molecule has 2 aliphatic rings. The van der Waals surface area contributed by atoms with Gasteiger partial charge in [0.1, 0.15) is 0 Å². The Morgan fingerprint density at radius 3 is 2.57 bits per heavy atom. The molecule has 2 aromatic rings. The first-order valence-electron chi connectivity index (χ1n) is 9.68. The largest absolute Gasteiger partial charge is 0.372 e. The maximum atomic E-state index is 9.39. The Kier molecular flexibility index (Phi) is 6.49. The molecule has 0 aromatic heterocycles. The minimum Gasteiger partial charge on any atom is -0.372 e. The molecule has 1 N–H and O–H groups in total. The van der Waals surface area contributed by atoms with Crippen molar-refractivity contribution in [1.29, 1.82) is 5.26 Å². The summed E-state index contributed by atoms with van der Waals surface area (Å²) >= 11 is 7.12. The second kappa shape index (κ2) is 9.06. The highest BCUT2D eigenvalue weighted by atomic mass is 79.9. The topological polar surface area (TPSA) is 48.3 Å². The van der Waals surface area contributed by atoms with E-state index >= 15 is 0 Å². The highest BCUT2D eigenvalue weighted by Crippen LogP contribution is 2.37. The Hall–Kier alpha value is -1.23. The van der Waals surface area contributed by atoms with Crippen molar-refractivity contribution in [3.8, 4) is 6.07 Å². The average molecular weight is 505 g/mol. The van der Waals surface area contributed by atoms with Gasteiger partial charge in [0.05, 0.1) is 30.4 Å². The van der Waals surface area contributed by atoms with Crippen LogP contribution in [0.3, 0.4) is 0 Å². The van der Waals surface area contributed by atoms with E-state index in [0.29, 0.717) is 6.61 Å². The summed E-state index contributed by atoms with van der Waals surface area (Å²) in [5.74, 6) is 0. The summed E-state index contributed by atoms with van der Waals surface area (Å²) in [5, 5.41) is 12.8. The Morgan fingerprint density at radius 2 is 1.86 bits per heavy atom. The van der Waals surface area contributed by atoms with Gasteiger partial charge in [-0.2, -0.15) is 5.26 Å². The summed E-state index contributed by atoms with van der Waals surface area (Å²) in [7, 11) is 0. The maximum Gasteiger partial charge on any atom is 0.0991 e. The fourth-order valence-electron chi connectivity index (χ4n) is 4.29. The van der Waals surface area contributed by atoms with Gasteiger partial charge in [-0.25, -0.2) is 0 Å². The van der Waals surface area contributed by atoms with E-state index in [9.17, 15) is 5.26 Å². The summed E-state index contributed by atoms with van der Waals surface area (Å²) in [5.41, 5.74) is 4.51. The molecule has 0 unspecified atom stereocenters. The van der Waals surface area contributed by atoms with Crippen LogP contribution < -0.4 is 5.32 Å². The predicted molar refractivity (Wildman–Crippen MR) is 117 cm³/mol. The molecule has 4 nitrogen and oxygen atoms in total. The summed E-state index contributed by atoms with van der Waals surface area (Å²) < 4.78 is 8.58. The number of hydrogen-bond donors (Lipinski definition) is 1. The predicted octanol–water partition coefficient (Wildman–Crippen LogP) is 4.56. The van der Waals surface area contributed by atoms with E-state index in [-0.39, 0.29) is 12.1 Å². The number of halogens is 2. The quantitative estimate of drug-likeness (QED) is 0.663. The lowest BCUT2D eigenvalue weighted by atomic mass is 9.83. The monoisotopic (exact) mass is 503 g/mol. The number of aryl methyl sites for hydroxylation is 1. The first-order valence-corrected chi connectivity index (χ1v) is 11.3. The first-order chi connectivity index (χ1) is 13.6. The second-order valence-electron chi connectivity index (χ2n) is 7.42. The smallest absolute Gasteiger partial charge is 0.0991 e. The van der Waals surface area contributed by atoms with Crippen LogP contribution in [0.2, 0.25) is 0 Å². The molecule has 1 aliphatic carbocycles. The van der Waals surface area contributed by atoms with E-state index in [1.54, 1.807) is 0 Å². The van der Waals surface area contributed by atoms with Crippen LogP contribution in [0.25, 0.3) is 0 Å². The molecule has 0 bridgehead atoms. The SMILES string of the molecule is N#Cc1ccc2c(c1)[C@H](N1CCNCC1)[C@@H](OCc1cc(Br)cc(Br)c1)CC2. The average Bonchev–Trinajstić information content (AvgIpc) is 2.71. The summed E-state index contributed by atoms with van der Waals surface area (Å²) in [6.07, 6.45) is 2.12. The molecule has 0 spiro atoms. The minimum atomic E-state index is 0.122. The normalized spacial score (nSPS) is 22.5. The van der Waals surface area contributed by atoms with Gasteiger partial charge in [0, 0.05) is 35.1 Å². The van der Waals surface area contributed by atoms with Crippen LogP contribution in [0.1, 0.15) is 34.7 Å². The zero-order valence-electron chi connectivity index (χ0n) is 15.6. The van der Waals surface area contributed by atoms with Gasteiger partial charge in [-0.3, -0.25) is 4.90 Å². The molecular formula is C22H23Br2N3O. The molecular weight excluding hydrogens is 482 g/mol. The number of benzene rings is 2. The molecule has 1 aliphatic heterocycles. The molecule has 6 heteroatoms. The third-order valence-electron chi connectivity index (χ3n) is 5.58. The molecule has 28 heavy (non-hydrogen) atoms. The lowest BCUT2D eigenvalue weighted by Crippen LogP contribution is -2.49. The van der Waals surface area contributed by atoms with Crippen LogP contribution in [0.5, 0.6) is 0 Å². The highest BCUT2D eigenvalue weighted by molar-refractivity contribution is 9.11. The van der Waals surface area contributed by atoms with Gasteiger partial charge in [-0.15, -0.1) is 0 Å². The zero-order chi connectivity index (χ0) is 19.5. The summed E-state index contributed by atoms with van der Waals surface area (Å²) in [6, 6.07) is 14.9. The first kappa shape index (κ1) is 20.1. The third kappa shape index (κ3) is 4.50. The van der Waals surface area contributed by atoms with Crippen LogP contribution in [0.4, 0.5) is 0 Å². The Bertz CT molecular complexity index is 870. The number of hydrogen-bond acceptors (Lipinski definition) is 4. The van der Waals surface area contributed by atoms with Crippen LogP contribution in [-0.2, 0) is 17.8 Å². The van der Waals surface area contributed by atoms with E-state index in [2.05, 4.69) is 72.4 Å². The van der Waals surface area contributed by atoms with Crippen molar-refractivity contribution >= 4 is 31.9 Å². The maximum absolute atomic E-state index is 9.39. The highest BCUT2D eigenvalue weighted by Gasteiger charge is 2.35. The van der Waals surface area contributed by atoms with E-state index in [1.165, 1.54) is 11.1 Å². The van der Waals surface area contributed by atoms with Crippen molar-refractivity contribution in [1.82, 2.24) is 10.2 Å². The molecule has 0 saturated carbocycles. The number of ether oxygens (including phenoxy) is 1. The van der Waals surface area contributed by atoms with Crippen LogP contribution in [0.15, 0.2) is 45.3 Å². The van der Waals surface area contributed by atoms with E-state index in [1.807, 2.05) is 12.1 Å². The second-order valence-corrected chi connectivity index (χ2v) is 9.25. The summed E-state index contributed by atoms with van der Waals surface area (Å²) in [4.78, 5) is 2.52. The van der Waals surface area contributed by atoms with E-state index in [4.69, 9.17) is 4.74 Å². The number of nitriles is 1. The van der Waals surface area contributed by atoms with Gasteiger partial charge in [0.25, 0.3) is 0 Å². The van der Waals surface area contributed by atoms with E-state index in [0.717, 1.165) is 59.1 Å². The molecule has 1 heterocycles. The Labute approximate surface area is 183 Å². The molecule has 1 fully saturated rings. The van der Waals surface area contributed by atoms with Crippen molar-refractivity contribution in [3.05, 3.63) is 67.6 Å². The lowest BCUT2D eigenvalue weighted by Gasteiger charge is -2.42. The Morgan fingerprint density at radius 1 is 1.11 bits per heavy atom. The van der Waals surface area contributed by atoms with Crippen molar-refractivity contribution in [2.75, 3.05) is 26.2 Å². The fourth-order valence-corrected chi connectivity index (χ4v) is 5.68. The van der Waals surface area contributed by atoms with E-state index < -0.39 is 0 Å².